The molecule has 60 valence electrons. The van der Waals surface area contributed by atoms with Crippen molar-refractivity contribution >= 4 is 17.2 Å². The Balaban J connectivity index is 2.29. The summed E-state index contributed by atoms with van der Waals surface area (Å²) >= 11 is 1.60. The predicted octanol–water partition coefficient (Wildman–Crippen LogP) is 1.19. The second-order valence-electron chi connectivity index (χ2n) is 2.17. The molecule has 11 heavy (non-hydrogen) atoms. The Bertz CT molecular complexity index is 220. The maximum atomic E-state index is 10.5. The van der Waals surface area contributed by atoms with E-state index in [0.717, 1.165) is 5.56 Å². The van der Waals surface area contributed by atoms with Gasteiger partial charge in [0.1, 0.15) is 0 Å². The van der Waals surface area contributed by atoms with Gasteiger partial charge in [-0.15, -0.1) is 0 Å². The van der Waals surface area contributed by atoms with Crippen LogP contribution >= 0.6 is 11.3 Å². The van der Waals surface area contributed by atoms with Crippen molar-refractivity contribution in [1.29, 1.82) is 0 Å². The molecule has 0 spiro atoms. The lowest BCUT2D eigenvalue weighted by Gasteiger charge is -1.95. The van der Waals surface area contributed by atoms with Crippen LogP contribution < -0.4 is 5.48 Å². The van der Waals surface area contributed by atoms with Crippen molar-refractivity contribution in [3.8, 4) is 0 Å². The molecule has 0 atom stereocenters. The molecule has 3 nitrogen and oxygen atoms in total. The minimum atomic E-state index is -0.337. The number of nitrogens with one attached hydrogen (secondary N) is 1. The minimum absolute atomic E-state index is 0.337. The van der Waals surface area contributed by atoms with Crippen molar-refractivity contribution in [2.45, 2.75) is 12.8 Å². The van der Waals surface area contributed by atoms with Crippen LogP contribution in [-0.4, -0.2) is 11.1 Å². The SMILES string of the molecule is O=C(CCc1ccsc1)NO. The summed E-state index contributed by atoms with van der Waals surface area (Å²) in [6, 6.07) is 1.97. The highest BCUT2D eigenvalue weighted by Crippen LogP contribution is 2.07. The summed E-state index contributed by atoms with van der Waals surface area (Å²) < 4.78 is 0. The summed E-state index contributed by atoms with van der Waals surface area (Å²) in [5.41, 5.74) is 2.73. The van der Waals surface area contributed by atoms with E-state index in [9.17, 15) is 4.79 Å². The van der Waals surface area contributed by atoms with E-state index in [1.165, 1.54) is 0 Å². The summed E-state index contributed by atoms with van der Waals surface area (Å²) in [6.45, 7) is 0. The number of hydrogen-bond acceptors (Lipinski definition) is 3. The molecule has 0 aromatic carbocycles. The molecule has 4 heteroatoms. The normalized spacial score (nSPS) is 9.55. The van der Waals surface area contributed by atoms with Crippen LogP contribution in [0.5, 0.6) is 0 Å². The van der Waals surface area contributed by atoms with E-state index in [-0.39, 0.29) is 5.91 Å². The fourth-order valence-corrected chi connectivity index (χ4v) is 1.45. The third-order valence-corrected chi connectivity index (χ3v) is 2.08. The van der Waals surface area contributed by atoms with Crippen LogP contribution in [0.4, 0.5) is 0 Å². The second-order valence-corrected chi connectivity index (χ2v) is 2.95. The topological polar surface area (TPSA) is 49.3 Å². The molecular weight excluding hydrogens is 162 g/mol. The summed E-state index contributed by atoms with van der Waals surface area (Å²) in [7, 11) is 0. The fourth-order valence-electron chi connectivity index (χ4n) is 0.749. The fraction of sp³-hybridized carbons (Fsp3) is 0.286. The van der Waals surface area contributed by atoms with Gasteiger partial charge >= 0.3 is 0 Å². The van der Waals surface area contributed by atoms with E-state index < -0.39 is 0 Å². The van der Waals surface area contributed by atoms with Gasteiger partial charge in [-0.1, -0.05) is 0 Å². The average Bonchev–Trinajstić information content (AvgIpc) is 2.52. The third kappa shape index (κ3) is 2.69. The third-order valence-electron chi connectivity index (χ3n) is 1.35. The van der Waals surface area contributed by atoms with E-state index in [1.54, 1.807) is 16.8 Å². The smallest absolute Gasteiger partial charge is 0.243 e. The molecule has 0 unspecified atom stereocenters. The van der Waals surface area contributed by atoms with Gasteiger partial charge in [-0.25, -0.2) is 5.48 Å². The number of thiophene rings is 1. The maximum absolute atomic E-state index is 10.5. The molecule has 0 aliphatic rings. The van der Waals surface area contributed by atoms with Gasteiger partial charge in [0, 0.05) is 6.42 Å². The molecule has 0 fully saturated rings. The Morgan fingerprint density at radius 3 is 3.09 bits per heavy atom. The van der Waals surface area contributed by atoms with Gasteiger partial charge in [0.2, 0.25) is 5.91 Å². The zero-order chi connectivity index (χ0) is 8.10. The van der Waals surface area contributed by atoms with Crippen LogP contribution in [0.2, 0.25) is 0 Å². The number of hydrogen-bond donors (Lipinski definition) is 2. The highest BCUT2D eigenvalue weighted by atomic mass is 32.1. The predicted molar refractivity (Wildman–Crippen MR) is 42.6 cm³/mol. The Morgan fingerprint density at radius 1 is 1.73 bits per heavy atom. The van der Waals surface area contributed by atoms with Crippen LogP contribution in [0.3, 0.4) is 0 Å². The minimum Gasteiger partial charge on any atom is -0.289 e. The number of aryl methyl sites for hydroxylation is 1. The molecule has 0 aliphatic carbocycles. The van der Waals surface area contributed by atoms with Gasteiger partial charge < -0.3 is 0 Å². The van der Waals surface area contributed by atoms with Crippen molar-refractivity contribution < 1.29 is 10.0 Å². The Kier molecular flexibility index (Phi) is 3.07. The first-order valence-electron chi connectivity index (χ1n) is 3.27. The first-order chi connectivity index (χ1) is 5.33. The van der Waals surface area contributed by atoms with Crippen molar-refractivity contribution in [2.75, 3.05) is 0 Å². The number of hydroxylamine groups is 1. The molecule has 2 N–H and O–H groups in total. The number of amides is 1. The van der Waals surface area contributed by atoms with E-state index in [2.05, 4.69) is 0 Å². The Labute approximate surface area is 68.6 Å². The number of carbonyl (C=O) groups excluding carboxylic acids is 1. The molecular formula is C7H9NO2S. The van der Waals surface area contributed by atoms with Crippen LogP contribution in [0.15, 0.2) is 16.8 Å². The monoisotopic (exact) mass is 171 g/mol. The highest BCUT2D eigenvalue weighted by molar-refractivity contribution is 7.07. The molecule has 0 saturated carbocycles. The van der Waals surface area contributed by atoms with Crippen molar-refractivity contribution in [1.82, 2.24) is 5.48 Å². The maximum Gasteiger partial charge on any atom is 0.243 e. The highest BCUT2D eigenvalue weighted by Gasteiger charge is 1.99. The molecule has 1 amide bonds. The van der Waals surface area contributed by atoms with E-state index in [0.29, 0.717) is 12.8 Å². The van der Waals surface area contributed by atoms with Crippen molar-refractivity contribution in [3.63, 3.8) is 0 Å². The first kappa shape index (κ1) is 8.23. The van der Waals surface area contributed by atoms with Crippen LogP contribution in [0.25, 0.3) is 0 Å². The van der Waals surface area contributed by atoms with Crippen LogP contribution in [0, 0.1) is 0 Å². The number of rotatable bonds is 3. The van der Waals surface area contributed by atoms with E-state index in [1.807, 2.05) is 16.8 Å². The van der Waals surface area contributed by atoms with Crippen molar-refractivity contribution in [3.05, 3.63) is 22.4 Å². The van der Waals surface area contributed by atoms with Gasteiger partial charge in [0.15, 0.2) is 0 Å². The molecule has 1 rings (SSSR count). The molecule has 0 bridgehead atoms. The first-order valence-corrected chi connectivity index (χ1v) is 4.21. The van der Waals surface area contributed by atoms with E-state index >= 15 is 0 Å². The average molecular weight is 171 g/mol. The lowest BCUT2D eigenvalue weighted by atomic mass is 10.2. The molecule has 0 radical (unpaired) electrons. The summed E-state index contributed by atoms with van der Waals surface area (Å²) in [5.74, 6) is -0.337. The lowest BCUT2D eigenvalue weighted by molar-refractivity contribution is -0.129. The largest absolute Gasteiger partial charge is 0.289 e. The van der Waals surface area contributed by atoms with Gasteiger partial charge in [-0.05, 0) is 28.8 Å². The second kappa shape index (κ2) is 4.10. The molecule has 1 heterocycles. The molecule has 1 aromatic heterocycles. The van der Waals surface area contributed by atoms with Crippen molar-refractivity contribution in [2.24, 2.45) is 0 Å². The standard InChI is InChI=1S/C7H9NO2S/c9-7(8-10)2-1-6-3-4-11-5-6/h3-5,10H,1-2H2,(H,8,9). The van der Waals surface area contributed by atoms with Crippen LogP contribution in [0.1, 0.15) is 12.0 Å². The zero-order valence-electron chi connectivity index (χ0n) is 5.91. The summed E-state index contributed by atoms with van der Waals surface area (Å²) in [5, 5.41) is 12.1. The van der Waals surface area contributed by atoms with Gasteiger partial charge in [0.25, 0.3) is 0 Å². The van der Waals surface area contributed by atoms with Gasteiger partial charge in [-0.2, -0.15) is 11.3 Å². The van der Waals surface area contributed by atoms with E-state index in [4.69, 9.17) is 5.21 Å². The number of carbonyl (C=O) groups is 1. The van der Waals surface area contributed by atoms with Gasteiger partial charge in [0.05, 0.1) is 0 Å². The van der Waals surface area contributed by atoms with Crippen LogP contribution in [-0.2, 0) is 11.2 Å². The van der Waals surface area contributed by atoms with Gasteiger partial charge in [-0.3, -0.25) is 10.0 Å². The summed E-state index contributed by atoms with van der Waals surface area (Å²) in [6.07, 6.45) is 1.03. The summed E-state index contributed by atoms with van der Waals surface area (Å²) in [4.78, 5) is 10.5. The molecule has 0 saturated heterocycles. The lowest BCUT2D eigenvalue weighted by Crippen LogP contribution is -2.18. The quantitative estimate of drug-likeness (QED) is 0.530. The molecule has 0 aliphatic heterocycles. The Hall–Kier alpha value is -0.870. The molecule has 1 aromatic rings. The Morgan fingerprint density at radius 2 is 2.55 bits per heavy atom. The zero-order valence-corrected chi connectivity index (χ0v) is 6.73.